The molecule has 0 aromatic heterocycles. The molecular weight excluding hydrogens is 417 g/mol. The number of halogens is 1. The molecular formula is C20H16ClNO3Se. The van der Waals surface area contributed by atoms with E-state index < -0.39 is 0 Å². The Hall–Kier alpha value is -1.91. The summed E-state index contributed by atoms with van der Waals surface area (Å²) in [6, 6.07) is 14.6. The number of rotatable bonds is 3. The van der Waals surface area contributed by atoms with Gasteiger partial charge in [0.1, 0.15) is 0 Å². The number of carbonyl (C=O) groups is 2. The van der Waals surface area contributed by atoms with Gasteiger partial charge in [-0.2, -0.15) is 0 Å². The summed E-state index contributed by atoms with van der Waals surface area (Å²) < 4.78 is 7.00. The molecule has 2 aromatic rings. The van der Waals surface area contributed by atoms with Crippen LogP contribution in [0.15, 0.2) is 58.7 Å². The van der Waals surface area contributed by atoms with Crippen molar-refractivity contribution in [3.63, 3.8) is 0 Å². The van der Waals surface area contributed by atoms with Crippen LogP contribution in [0, 0.1) is 0 Å². The van der Waals surface area contributed by atoms with Crippen molar-refractivity contribution in [2.24, 2.45) is 0 Å². The van der Waals surface area contributed by atoms with Crippen LogP contribution in [0.2, 0.25) is 5.02 Å². The summed E-state index contributed by atoms with van der Waals surface area (Å²) >= 11 is 5.80. The van der Waals surface area contributed by atoms with E-state index in [2.05, 4.69) is 0 Å². The van der Waals surface area contributed by atoms with Crippen LogP contribution in [0.3, 0.4) is 0 Å². The molecule has 132 valence electrons. The van der Waals surface area contributed by atoms with Crippen molar-refractivity contribution >= 4 is 42.6 Å². The number of hydrogen-bond acceptors (Lipinski definition) is 4. The first kappa shape index (κ1) is 17.5. The van der Waals surface area contributed by atoms with Crippen molar-refractivity contribution in [1.29, 1.82) is 0 Å². The second-order valence-electron chi connectivity index (χ2n) is 6.04. The van der Waals surface area contributed by atoms with Crippen LogP contribution >= 0.6 is 11.6 Å². The Bertz CT molecular complexity index is 919. The summed E-state index contributed by atoms with van der Waals surface area (Å²) in [6.45, 7) is 2.35. The van der Waals surface area contributed by atoms with Crippen molar-refractivity contribution in [3.8, 4) is 0 Å². The van der Waals surface area contributed by atoms with E-state index in [1.54, 1.807) is 24.3 Å². The Labute approximate surface area is 162 Å². The zero-order valence-electron chi connectivity index (χ0n) is 13.9. The molecule has 0 radical (unpaired) electrons. The quantitative estimate of drug-likeness (QED) is 0.698. The maximum atomic E-state index is 13.2. The van der Waals surface area contributed by atoms with Crippen LogP contribution in [-0.4, -0.2) is 57.7 Å². The van der Waals surface area contributed by atoms with Gasteiger partial charge in [0.05, 0.1) is 0 Å². The number of allylic oxidation sites excluding steroid dienone is 2. The third-order valence-electron chi connectivity index (χ3n) is 4.40. The molecule has 1 heterocycles. The third-order valence-corrected chi connectivity index (χ3v) is 6.88. The molecule has 0 unspecified atom stereocenters. The molecule has 0 N–H and O–H groups in total. The van der Waals surface area contributed by atoms with E-state index in [-0.39, 0.29) is 26.5 Å². The van der Waals surface area contributed by atoms with Gasteiger partial charge in [-0.25, -0.2) is 0 Å². The number of Topliss-reactive ketones (excluding diaryl/α,β-unsaturated/α-hetero) is 2. The molecule has 4 rings (SSSR count). The summed E-state index contributed by atoms with van der Waals surface area (Å²) in [7, 11) is 0. The monoisotopic (exact) mass is 433 g/mol. The Kier molecular flexibility index (Phi) is 4.96. The first-order valence-corrected chi connectivity index (χ1v) is 10.4. The van der Waals surface area contributed by atoms with Crippen molar-refractivity contribution in [3.05, 3.63) is 74.8 Å². The molecule has 0 spiro atoms. The van der Waals surface area contributed by atoms with Crippen molar-refractivity contribution in [2.75, 3.05) is 26.3 Å². The predicted molar refractivity (Wildman–Crippen MR) is 101 cm³/mol. The summed E-state index contributed by atoms with van der Waals surface area (Å²) in [5, 5.41) is 0.632. The van der Waals surface area contributed by atoms with Gasteiger partial charge in [0, 0.05) is 0 Å². The van der Waals surface area contributed by atoms with Gasteiger partial charge >= 0.3 is 163 Å². The molecule has 0 amide bonds. The molecule has 1 fully saturated rings. The van der Waals surface area contributed by atoms with Crippen molar-refractivity contribution < 1.29 is 14.3 Å². The average Bonchev–Trinajstić information content (AvgIpc) is 2.67. The average molecular weight is 433 g/mol. The maximum absolute atomic E-state index is 13.2. The molecule has 2 aromatic carbocycles. The van der Waals surface area contributed by atoms with Gasteiger partial charge in [-0.1, -0.05) is 0 Å². The Morgan fingerprint density at radius 3 is 2.31 bits per heavy atom. The van der Waals surface area contributed by atoms with Gasteiger partial charge in [0.25, 0.3) is 0 Å². The topological polar surface area (TPSA) is 46.6 Å². The van der Waals surface area contributed by atoms with Crippen LogP contribution in [0.25, 0.3) is 0 Å². The zero-order chi connectivity index (χ0) is 18.1. The normalized spacial score (nSPS) is 17.5. The number of morpholine rings is 1. The molecule has 1 aliphatic heterocycles. The number of benzene rings is 2. The molecule has 2 aliphatic rings. The SMILES string of the molecule is O=C1C([Se]c2cccc(Cl)c2)=C(N2CCOCC2)C(=O)c2ccccc21. The molecule has 1 aliphatic carbocycles. The van der Waals surface area contributed by atoms with E-state index in [0.717, 1.165) is 4.46 Å². The number of fused-ring (bicyclic) bond motifs is 1. The van der Waals surface area contributed by atoms with Gasteiger partial charge in [-0.15, -0.1) is 0 Å². The van der Waals surface area contributed by atoms with E-state index in [9.17, 15) is 9.59 Å². The number of carbonyl (C=O) groups excluding carboxylic acids is 2. The number of ketones is 2. The van der Waals surface area contributed by atoms with Crippen molar-refractivity contribution in [1.82, 2.24) is 4.90 Å². The van der Waals surface area contributed by atoms with Crippen molar-refractivity contribution in [2.45, 2.75) is 0 Å². The summed E-state index contributed by atoms with van der Waals surface area (Å²) in [6.07, 6.45) is 0. The predicted octanol–water partition coefficient (Wildman–Crippen LogP) is 2.29. The number of hydrogen-bond donors (Lipinski definition) is 0. The molecule has 0 atom stereocenters. The minimum absolute atomic E-state index is 0.0540. The van der Waals surface area contributed by atoms with Crippen LogP contribution < -0.4 is 4.46 Å². The first-order valence-electron chi connectivity index (χ1n) is 8.34. The zero-order valence-corrected chi connectivity index (χ0v) is 16.4. The van der Waals surface area contributed by atoms with Crippen LogP contribution in [-0.2, 0) is 4.74 Å². The summed E-state index contributed by atoms with van der Waals surface area (Å²) in [4.78, 5) is 28.4. The van der Waals surface area contributed by atoms with E-state index in [0.29, 0.717) is 52.6 Å². The van der Waals surface area contributed by atoms with E-state index in [1.165, 1.54) is 0 Å². The van der Waals surface area contributed by atoms with Gasteiger partial charge in [0.15, 0.2) is 0 Å². The Morgan fingerprint density at radius 1 is 0.923 bits per heavy atom. The van der Waals surface area contributed by atoms with E-state index >= 15 is 0 Å². The fourth-order valence-corrected chi connectivity index (χ4v) is 5.78. The summed E-state index contributed by atoms with van der Waals surface area (Å²) in [5.41, 5.74) is 1.52. The van der Waals surface area contributed by atoms with Crippen LogP contribution in [0.5, 0.6) is 0 Å². The van der Waals surface area contributed by atoms with Gasteiger partial charge in [-0.05, 0) is 0 Å². The molecule has 6 heteroatoms. The van der Waals surface area contributed by atoms with Gasteiger partial charge in [0.2, 0.25) is 0 Å². The first-order chi connectivity index (χ1) is 12.6. The van der Waals surface area contributed by atoms with Crippen LogP contribution in [0.4, 0.5) is 0 Å². The van der Waals surface area contributed by atoms with Gasteiger partial charge in [-0.3, -0.25) is 0 Å². The minimum atomic E-state index is -0.307. The third kappa shape index (κ3) is 3.24. The van der Waals surface area contributed by atoms with Gasteiger partial charge < -0.3 is 0 Å². The summed E-state index contributed by atoms with van der Waals surface area (Å²) in [5.74, 6) is -0.123. The van der Waals surface area contributed by atoms with Crippen LogP contribution in [0.1, 0.15) is 20.7 Å². The number of nitrogens with zero attached hydrogens (tertiary/aromatic N) is 1. The Morgan fingerprint density at radius 2 is 1.62 bits per heavy atom. The fourth-order valence-electron chi connectivity index (χ4n) is 3.16. The standard InChI is InChI=1S/C20H16ClNO3Se/c21-13-4-3-5-14(12-13)26-20-17(22-8-10-25-11-9-22)18(23)15-6-1-2-7-16(15)19(20)24/h1-7,12H,8-11H2. The second kappa shape index (κ2) is 7.37. The Balaban J connectivity index is 1.82. The fraction of sp³-hybridized carbons (Fsp3) is 0.200. The van der Waals surface area contributed by atoms with E-state index in [1.807, 2.05) is 29.2 Å². The molecule has 0 bridgehead atoms. The molecule has 26 heavy (non-hydrogen) atoms. The molecule has 4 nitrogen and oxygen atoms in total. The molecule has 0 saturated carbocycles. The number of ether oxygens (including phenoxy) is 1. The second-order valence-corrected chi connectivity index (χ2v) is 8.75. The van der Waals surface area contributed by atoms with E-state index in [4.69, 9.17) is 16.3 Å². The molecule has 1 saturated heterocycles.